The Bertz CT molecular complexity index is 1100. The number of carbonyl (C=O) groups excluding carboxylic acids is 2. The van der Waals surface area contributed by atoms with Crippen molar-refractivity contribution in [1.29, 1.82) is 0 Å². The molecular formula is C22H19N3O3. The highest BCUT2D eigenvalue weighted by molar-refractivity contribution is 6.31. The van der Waals surface area contributed by atoms with Gasteiger partial charge in [-0.1, -0.05) is 18.2 Å². The van der Waals surface area contributed by atoms with Crippen LogP contribution in [0.5, 0.6) is 5.75 Å². The number of hydrazine groups is 1. The molecule has 2 heterocycles. The number of aromatic nitrogens is 1. The Hall–Kier alpha value is -3.80. The van der Waals surface area contributed by atoms with Crippen LogP contribution in [-0.2, 0) is 9.59 Å². The third-order valence-electron chi connectivity index (χ3n) is 4.78. The molecule has 0 spiro atoms. The van der Waals surface area contributed by atoms with E-state index in [1.807, 2.05) is 54.8 Å². The van der Waals surface area contributed by atoms with Crippen molar-refractivity contribution in [3.8, 4) is 11.4 Å². The lowest BCUT2D eigenvalue weighted by atomic mass is 10.1. The van der Waals surface area contributed by atoms with E-state index >= 15 is 0 Å². The van der Waals surface area contributed by atoms with Gasteiger partial charge in [0.1, 0.15) is 11.3 Å². The lowest BCUT2D eigenvalue weighted by Crippen LogP contribution is -2.35. The van der Waals surface area contributed by atoms with Crippen molar-refractivity contribution in [3.63, 3.8) is 0 Å². The van der Waals surface area contributed by atoms with Crippen LogP contribution in [0.25, 0.3) is 11.8 Å². The van der Waals surface area contributed by atoms with Crippen LogP contribution in [0.4, 0.5) is 5.69 Å². The van der Waals surface area contributed by atoms with E-state index in [1.165, 1.54) is 5.01 Å². The van der Waals surface area contributed by atoms with E-state index in [0.717, 1.165) is 22.6 Å². The molecule has 0 saturated carbocycles. The molecule has 2 amide bonds. The monoisotopic (exact) mass is 373 g/mol. The first-order chi connectivity index (χ1) is 13.5. The molecule has 0 aliphatic carbocycles. The molecule has 1 aliphatic rings. The van der Waals surface area contributed by atoms with E-state index in [-0.39, 0.29) is 17.2 Å². The number of aryl methyl sites for hydroxylation is 1. The van der Waals surface area contributed by atoms with Gasteiger partial charge in [0.05, 0.1) is 5.69 Å². The average molecular weight is 373 g/mol. The summed E-state index contributed by atoms with van der Waals surface area (Å²) in [5.74, 6) is -0.614. The molecule has 28 heavy (non-hydrogen) atoms. The zero-order valence-electron chi connectivity index (χ0n) is 15.5. The van der Waals surface area contributed by atoms with Gasteiger partial charge < -0.3 is 9.67 Å². The molecule has 6 nitrogen and oxygen atoms in total. The first kappa shape index (κ1) is 17.6. The molecule has 140 valence electrons. The minimum atomic E-state index is -0.428. The lowest BCUT2D eigenvalue weighted by Gasteiger charge is -2.13. The molecule has 4 rings (SSSR count). The van der Waals surface area contributed by atoms with E-state index in [1.54, 1.807) is 30.3 Å². The van der Waals surface area contributed by atoms with Crippen molar-refractivity contribution >= 4 is 23.6 Å². The van der Waals surface area contributed by atoms with E-state index in [4.69, 9.17) is 0 Å². The number of aromatic hydroxyl groups is 1. The van der Waals surface area contributed by atoms with Gasteiger partial charge in [-0.25, -0.2) is 5.01 Å². The number of carbonyl (C=O) groups is 2. The van der Waals surface area contributed by atoms with Gasteiger partial charge in [0.25, 0.3) is 11.8 Å². The van der Waals surface area contributed by atoms with Gasteiger partial charge in [0, 0.05) is 17.1 Å². The maximum Gasteiger partial charge on any atom is 0.282 e. The van der Waals surface area contributed by atoms with Gasteiger partial charge in [-0.2, -0.15) is 0 Å². The maximum absolute atomic E-state index is 12.8. The Morgan fingerprint density at radius 1 is 0.929 bits per heavy atom. The SMILES string of the molecule is Cc1cc(/C=C2/C(=O)NN(c3ccccc3)C2=O)c(C)n1-c1ccc(O)cc1. The molecular weight excluding hydrogens is 354 g/mol. The van der Waals surface area contributed by atoms with Crippen LogP contribution >= 0.6 is 0 Å². The molecule has 6 heteroatoms. The highest BCUT2D eigenvalue weighted by Crippen LogP contribution is 2.26. The maximum atomic E-state index is 12.8. The largest absolute Gasteiger partial charge is 0.508 e. The molecule has 0 atom stereocenters. The van der Waals surface area contributed by atoms with Gasteiger partial charge in [0.15, 0.2) is 0 Å². The van der Waals surface area contributed by atoms with Gasteiger partial charge in [-0.3, -0.25) is 15.0 Å². The van der Waals surface area contributed by atoms with Crippen LogP contribution in [0, 0.1) is 13.8 Å². The summed E-state index contributed by atoms with van der Waals surface area (Å²) in [6, 6.07) is 17.8. The second kappa shape index (κ2) is 6.74. The number of benzene rings is 2. The average Bonchev–Trinajstić information content (AvgIpc) is 3.13. The summed E-state index contributed by atoms with van der Waals surface area (Å²) in [4.78, 5) is 25.2. The lowest BCUT2D eigenvalue weighted by molar-refractivity contribution is -0.117. The van der Waals surface area contributed by atoms with Gasteiger partial charge >= 0.3 is 0 Å². The highest BCUT2D eigenvalue weighted by atomic mass is 16.3. The Balaban J connectivity index is 1.71. The van der Waals surface area contributed by atoms with Crippen LogP contribution in [0.2, 0.25) is 0 Å². The second-order valence-electron chi connectivity index (χ2n) is 6.65. The van der Waals surface area contributed by atoms with Crippen molar-refractivity contribution in [2.75, 3.05) is 5.01 Å². The fourth-order valence-corrected chi connectivity index (χ4v) is 3.40. The van der Waals surface area contributed by atoms with E-state index in [9.17, 15) is 14.7 Å². The standard InChI is InChI=1S/C22H19N3O3/c1-14-12-16(15(2)24(14)17-8-10-19(26)11-9-17)13-20-21(27)23-25(22(20)28)18-6-4-3-5-7-18/h3-13,26H,1-2H3,(H,23,27)/b20-13-. The Morgan fingerprint density at radius 2 is 1.61 bits per heavy atom. The first-order valence-corrected chi connectivity index (χ1v) is 8.86. The molecule has 1 saturated heterocycles. The Labute approximate surface area is 162 Å². The van der Waals surface area contributed by atoms with Gasteiger partial charge in [-0.15, -0.1) is 0 Å². The van der Waals surface area contributed by atoms with Crippen molar-refractivity contribution in [1.82, 2.24) is 9.99 Å². The number of phenols is 1. The summed E-state index contributed by atoms with van der Waals surface area (Å²) < 4.78 is 2.01. The first-order valence-electron chi connectivity index (χ1n) is 8.86. The van der Waals surface area contributed by atoms with Crippen molar-refractivity contribution < 1.29 is 14.7 Å². The number of para-hydroxylation sites is 1. The van der Waals surface area contributed by atoms with Crippen molar-refractivity contribution in [3.05, 3.63) is 83.2 Å². The number of phenolic OH excluding ortho intramolecular Hbond substituents is 1. The topological polar surface area (TPSA) is 74.6 Å². The molecule has 1 fully saturated rings. The molecule has 3 aromatic rings. The molecule has 1 aromatic heterocycles. The number of amides is 2. The summed E-state index contributed by atoms with van der Waals surface area (Å²) >= 11 is 0. The summed E-state index contributed by atoms with van der Waals surface area (Å²) in [7, 11) is 0. The number of nitrogens with zero attached hydrogens (tertiary/aromatic N) is 2. The third kappa shape index (κ3) is 2.95. The minimum Gasteiger partial charge on any atom is -0.508 e. The summed E-state index contributed by atoms with van der Waals surface area (Å²) in [5, 5.41) is 10.8. The normalized spacial score (nSPS) is 15.4. The Kier molecular flexibility index (Phi) is 4.24. The minimum absolute atomic E-state index is 0.0924. The number of nitrogens with one attached hydrogen (secondary N) is 1. The number of rotatable bonds is 3. The highest BCUT2D eigenvalue weighted by Gasteiger charge is 2.34. The Morgan fingerprint density at radius 3 is 2.29 bits per heavy atom. The second-order valence-corrected chi connectivity index (χ2v) is 6.65. The fourth-order valence-electron chi connectivity index (χ4n) is 3.40. The molecule has 0 radical (unpaired) electrons. The fraction of sp³-hybridized carbons (Fsp3) is 0.0909. The van der Waals surface area contributed by atoms with Crippen molar-refractivity contribution in [2.45, 2.75) is 13.8 Å². The molecule has 0 bridgehead atoms. The van der Waals surface area contributed by atoms with E-state index in [0.29, 0.717) is 5.69 Å². The zero-order chi connectivity index (χ0) is 19.8. The predicted octanol–water partition coefficient (Wildman–Crippen LogP) is 3.26. The number of hydrogen-bond donors (Lipinski definition) is 2. The van der Waals surface area contributed by atoms with Crippen LogP contribution in [0.1, 0.15) is 17.0 Å². The molecule has 2 aromatic carbocycles. The molecule has 1 aliphatic heterocycles. The van der Waals surface area contributed by atoms with Crippen LogP contribution in [-0.4, -0.2) is 21.5 Å². The van der Waals surface area contributed by atoms with E-state index < -0.39 is 5.91 Å². The van der Waals surface area contributed by atoms with Crippen LogP contribution in [0.3, 0.4) is 0 Å². The third-order valence-corrected chi connectivity index (χ3v) is 4.78. The zero-order valence-corrected chi connectivity index (χ0v) is 15.5. The summed E-state index contributed by atoms with van der Waals surface area (Å²) in [6.45, 7) is 3.88. The number of hydrogen-bond acceptors (Lipinski definition) is 3. The quantitative estimate of drug-likeness (QED) is 0.547. The van der Waals surface area contributed by atoms with Crippen LogP contribution < -0.4 is 10.4 Å². The van der Waals surface area contributed by atoms with E-state index in [2.05, 4.69) is 5.43 Å². The van der Waals surface area contributed by atoms with Gasteiger partial charge in [0.2, 0.25) is 0 Å². The predicted molar refractivity (Wildman–Crippen MR) is 107 cm³/mol. The molecule has 0 unspecified atom stereocenters. The molecule has 2 N–H and O–H groups in total. The van der Waals surface area contributed by atoms with Gasteiger partial charge in [-0.05, 0) is 68.0 Å². The summed E-state index contributed by atoms with van der Waals surface area (Å²) in [5.41, 5.74) is 6.85. The summed E-state index contributed by atoms with van der Waals surface area (Å²) in [6.07, 6.45) is 1.62. The smallest absolute Gasteiger partial charge is 0.282 e. The number of anilines is 1. The van der Waals surface area contributed by atoms with Crippen molar-refractivity contribution in [2.24, 2.45) is 0 Å². The van der Waals surface area contributed by atoms with Crippen LogP contribution in [0.15, 0.2) is 66.2 Å².